The number of aliphatic hydroxyl groups is 1. The quantitative estimate of drug-likeness (QED) is 0.740. The van der Waals surface area contributed by atoms with Crippen LogP contribution in [0.4, 0.5) is 0 Å². The topological polar surface area (TPSA) is 75.3 Å². The van der Waals surface area contributed by atoms with Crippen LogP contribution in [0.3, 0.4) is 0 Å². The maximum atomic E-state index is 11.9. The number of rotatable bonds is 4. The molecule has 1 rings (SSSR count). The van der Waals surface area contributed by atoms with Gasteiger partial charge in [-0.05, 0) is 31.1 Å². The number of nitrogens with two attached hydrogens (primary N) is 1. The van der Waals surface area contributed by atoms with E-state index in [2.05, 4.69) is 26.1 Å². The molecule has 114 valence electrons. The highest BCUT2D eigenvalue weighted by Gasteiger charge is 2.26. The molecule has 1 fully saturated rings. The third-order valence-corrected chi connectivity index (χ3v) is 3.45. The minimum atomic E-state index is -0.466. The van der Waals surface area contributed by atoms with Crippen molar-refractivity contribution in [1.82, 2.24) is 5.32 Å². The normalized spacial score (nSPS) is 25.3. The first-order valence-electron chi connectivity index (χ1n) is 6.99. The van der Waals surface area contributed by atoms with Crippen LogP contribution in [0.2, 0.25) is 0 Å². The van der Waals surface area contributed by atoms with Crippen LogP contribution in [0.25, 0.3) is 0 Å². The van der Waals surface area contributed by atoms with Crippen molar-refractivity contribution in [3.8, 4) is 0 Å². The molecule has 1 aliphatic carbocycles. The number of carbonyl (C=O) groups is 1. The van der Waals surface area contributed by atoms with Gasteiger partial charge in [0.2, 0.25) is 5.91 Å². The fourth-order valence-electron chi connectivity index (χ4n) is 2.61. The summed E-state index contributed by atoms with van der Waals surface area (Å²) in [6, 6.07) is 0.161. The molecule has 0 aliphatic heterocycles. The maximum absolute atomic E-state index is 11.9. The Morgan fingerprint density at radius 2 is 2.05 bits per heavy atom. The lowest BCUT2D eigenvalue weighted by molar-refractivity contribution is -0.126. The van der Waals surface area contributed by atoms with Gasteiger partial charge in [-0.1, -0.05) is 27.2 Å². The Labute approximate surface area is 122 Å². The molecule has 4 nitrogen and oxygen atoms in total. The minimum Gasteiger partial charge on any atom is -0.391 e. The van der Waals surface area contributed by atoms with Crippen molar-refractivity contribution >= 4 is 18.3 Å². The Hall–Kier alpha value is -0.320. The van der Waals surface area contributed by atoms with Crippen LogP contribution in [0.1, 0.15) is 52.9 Å². The van der Waals surface area contributed by atoms with Gasteiger partial charge in [0.15, 0.2) is 0 Å². The van der Waals surface area contributed by atoms with Gasteiger partial charge in [0.1, 0.15) is 0 Å². The predicted octanol–water partition coefficient (Wildman–Crippen LogP) is 1.84. The second-order valence-electron chi connectivity index (χ2n) is 6.79. The van der Waals surface area contributed by atoms with Crippen molar-refractivity contribution in [2.45, 2.75) is 65.0 Å². The standard InChI is InChI=1S/C14H28N2O2.ClH/c1-14(2,3)8-12(17)9-16-13(18)10-5-4-6-11(15)7-10;/h10-12,17H,4-9,15H2,1-3H3,(H,16,18);1H. The van der Waals surface area contributed by atoms with Crippen molar-refractivity contribution in [3.05, 3.63) is 0 Å². The van der Waals surface area contributed by atoms with Crippen LogP contribution in [0.15, 0.2) is 0 Å². The zero-order valence-corrected chi connectivity index (χ0v) is 13.1. The van der Waals surface area contributed by atoms with Crippen molar-refractivity contribution in [1.29, 1.82) is 0 Å². The Bertz CT molecular complexity index is 279. The Morgan fingerprint density at radius 3 is 2.58 bits per heavy atom. The molecule has 0 aromatic carbocycles. The van der Waals surface area contributed by atoms with Gasteiger partial charge in [0, 0.05) is 18.5 Å². The van der Waals surface area contributed by atoms with E-state index in [9.17, 15) is 9.90 Å². The van der Waals surface area contributed by atoms with Gasteiger partial charge in [0.25, 0.3) is 0 Å². The SMILES string of the molecule is CC(C)(C)CC(O)CNC(=O)C1CCCC(N)C1.Cl. The summed E-state index contributed by atoms with van der Waals surface area (Å²) in [4.78, 5) is 11.9. The van der Waals surface area contributed by atoms with Gasteiger partial charge < -0.3 is 16.2 Å². The van der Waals surface area contributed by atoms with E-state index in [4.69, 9.17) is 5.73 Å². The fourth-order valence-corrected chi connectivity index (χ4v) is 2.61. The van der Waals surface area contributed by atoms with Crippen molar-refractivity contribution in [2.24, 2.45) is 17.1 Å². The van der Waals surface area contributed by atoms with E-state index in [0.717, 1.165) is 25.7 Å². The summed E-state index contributed by atoms with van der Waals surface area (Å²) in [5.74, 6) is 0.0914. The molecule has 3 atom stereocenters. The number of nitrogens with one attached hydrogen (secondary N) is 1. The summed E-state index contributed by atoms with van der Waals surface area (Å²) >= 11 is 0. The van der Waals surface area contributed by atoms with E-state index < -0.39 is 6.10 Å². The molecule has 1 amide bonds. The zero-order valence-electron chi connectivity index (χ0n) is 12.3. The van der Waals surface area contributed by atoms with Crippen LogP contribution >= 0.6 is 12.4 Å². The van der Waals surface area contributed by atoms with Gasteiger partial charge >= 0.3 is 0 Å². The number of carbonyl (C=O) groups excluding carboxylic acids is 1. The van der Waals surface area contributed by atoms with E-state index in [1.165, 1.54) is 0 Å². The molecule has 0 aromatic heterocycles. The van der Waals surface area contributed by atoms with Crippen LogP contribution in [-0.2, 0) is 4.79 Å². The first-order valence-corrected chi connectivity index (χ1v) is 6.99. The van der Waals surface area contributed by atoms with Crippen molar-refractivity contribution < 1.29 is 9.90 Å². The highest BCUT2D eigenvalue weighted by atomic mass is 35.5. The molecule has 0 spiro atoms. The van der Waals surface area contributed by atoms with E-state index in [1.807, 2.05) is 0 Å². The summed E-state index contributed by atoms with van der Waals surface area (Å²) in [7, 11) is 0. The van der Waals surface area contributed by atoms with E-state index in [-0.39, 0.29) is 35.7 Å². The minimum absolute atomic E-state index is 0. The Kier molecular flexibility index (Phi) is 7.94. The Balaban J connectivity index is 0.00000324. The lowest BCUT2D eigenvalue weighted by atomic mass is 9.85. The molecule has 5 heteroatoms. The van der Waals surface area contributed by atoms with Crippen LogP contribution in [-0.4, -0.2) is 29.7 Å². The molecule has 1 saturated carbocycles. The molecule has 4 N–H and O–H groups in total. The van der Waals surface area contributed by atoms with Gasteiger partial charge in [0.05, 0.1) is 6.10 Å². The van der Waals surface area contributed by atoms with Gasteiger partial charge in [-0.3, -0.25) is 4.79 Å². The summed E-state index contributed by atoms with van der Waals surface area (Å²) in [6.07, 6.45) is 3.99. The van der Waals surface area contributed by atoms with E-state index in [1.54, 1.807) is 0 Å². The first kappa shape index (κ1) is 18.7. The molecule has 0 radical (unpaired) electrons. The lowest BCUT2D eigenvalue weighted by Crippen LogP contribution is -2.41. The van der Waals surface area contributed by atoms with Crippen molar-refractivity contribution in [2.75, 3.05) is 6.54 Å². The largest absolute Gasteiger partial charge is 0.391 e. The fraction of sp³-hybridized carbons (Fsp3) is 0.929. The third-order valence-electron chi connectivity index (χ3n) is 3.45. The molecule has 3 unspecified atom stereocenters. The number of aliphatic hydroxyl groups excluding tert-OH is 1. The summed E-state index contributed by atoms with van der Waals surface area (Å²) < 4.78 is 0. The highest BCUT2D eigenvalue weighted by Crippen LogP contribution is 2.23. The molecule has 19 heavy (non-hydrogen) atoms. The third kappa shape index (κ3) is 7.75. The molecular formula is C14H29ClN2O2. The number of amides is 1. The van der Waals surface area contributed by atoms with Gasteiger partial charge in [-0.2, -0.15) is 0 Å². The average Bonchev–Trinajstić information content (AvgIpc) is 2.23. The van der Waals surface area contributed by atoms with Crippen LogP contribution < -0.4 is 11.1 Å². The molecular weight excluding hydrogens is 264 g/mol. The second kappa shape index (κ2) is 8.08. The molecule has 0 aromatic rings. The summed E-state index contributed by atoms with van der Waals surface area (Å²) in [5, 5.41) is 12.7. The van der Waals surface area contributed by atoms with Gasteiger partial charge in [-0.15, -0.1) is 12.4 Å². The monoisotopic (exact) mass is 292 g/mol. The Morgan fingerprint density at radius 1 is 1.42 bits per heavy atom. The predicted molar refractivity (Wildman–Crippen MR) is 80.3 cm³/mol. The van der Waals surface area contributed by atoms with Crippen molar-refractivity contribution in [3.63, 3.8) is 0 Å². The molecule has 0 saturated heterocycles. The smallest absolute Gasteiger partial charge is 0.223 e. The summed E-state index contributed by atoms with van der Waals surface area (Å²) in [5.41, 5.74) is 5.95. The maximum Gasteiger partial charge on any atom is 0.223 e. The van der Waals surface area contributed by atoms with E-state index >= 15 is 0 Å². The number of hydrogen-bond donors (Lipinski definition) is 3. The molecule has 0 bridgehead atoms. The van der Waals surface area contributed by atoms with Crippen LogP contribution in [0.5, 0.6) is 0 Å². The van der Waals surface area contributed by atoms with Gasteiger partial charge in [-0.25, -0.2) is 0 Å². The molecule has 1 aliphatic rings. The number of halogens is 1. The van der Waals surface area contributed by atoms with Crippen LogP contribution in [0, 0.1) is 11.3 Å². The average molecular weight is 293 g/mol. The lowest BCUT2D eigenvalue weighted by Gasteiger charge is -2.27. The molecule has 0 heterocycles. The first-order chi connectivity index (χ1) is 8.28. The van der Waals surface area contributed by atoms with E-state index in [0.29, 0.717) is 13.0 Å². The number of hydrogen-bond acceptors (Lipinski definition) is 3. The zero-order chi connectivity index (χ0) is 13.8. The highest BCUT2D eigenvalue weighted by molar-refractivity contribution is 5.85. The summed E-state index contributed by atoms with van der Waals surface area (Å²) in [6.45, 7) is 6.59. The second-order valence-corrected chi connectivity index (χ2v) is 6.79.